The molecule has 5 nitrogen and oxygen atoms in total. The average molecular weight is 308 g/mol. The van der Waals surface area contributed by atoms with Crippen molar-refractivity contribution in [3.8, 4) is 0 Å². The van der Waals surface area contributed by atoms with Crippen molar-refractivity contribution in [2.75, 3.05) is 5.01 Å². The third-order valence-corrected chi connectivity index (χ3v) is 4.47. The van der Waals surface area contributed by atoms with E-state index in [9.17, 15) is 8.42 Å². The molecule has 0 aromatic heterocycles. The first kappa shape index (κ1) is 13.1. The predicted molar refractivity (Wildman–Crippen MR) is 78.3 cm³/mol. The highest BCUT2D eigenvalue weighted by Gasteiger charge is 2.30. The van der Waals surface area contributed by atoms with E-state index in [1.54, 1.807) is 24.3 Å². The first-order valence-corrected chi connectivity index (χ1v) is 7.55. The maximum absolute atomic E-state index is 12.2. The monoisotopic (exact) mass is 307 g/mol. The molecule has 102 valence electrons. The van der Waals surface area contributed by atoms with Crippen molar-refractivity contribution in [2.24, 2.45) is 10.2 Å². The Balaban J connectivity index is 2.24. The van der Waals surface area contributed by atoms with Gasteiger partial charge in [0.15, 0.2) is 5.84 Å². The maximum atomic E-state index is 12.2. The molecule has 1 aliphatic heterocycles. The molecular weight excluding hydrogens is 298 g/mol. The Bertz CT molecular complexity index is 804. The molecule has 0 amide bonds. The normalized spacial score (nSPS) is 16.5. The molecule has 0 aliphatic carbocycles. The van der Waals surface area contributed by atoms with Crippen LogP contribution < -0.4 is 10.9 Å². The lowest BCUT2D eigenvalue weighted by molar-refractivity contribution is 0.597. The fourth-order valence-corrected chi connectivity index (χ4v) is 3.34. The van der Waals surface area contributed by atoms with Gasteiger partial charge in [-0.2, -0.15) is 8.42 Å². The zero-order chi connectivity index (χ0) is 14.3. The second-order valence-corrected chi connectivity index (χ2v) is 6.25. The fraction of sp³-hybridized carbons (Fsp3) is 0. The van der Waals surface area contributed by atoms with Gasteiger partial charge < -0.3 is 0 Å². The zero-order valence-electron chi connectivity index (χ0n) is 10.2. The summed E-state index contributed by atoms with van der Waals surface area (Å²) in [6, 6.07) is 13.3. The summed E-state index contributed by atoms with van der Waals surface area (Å²) in [6.45, 7) is 0. The third-order valence-electron chi connectivity index (χ3n) is 2.93. The van der Waals surface area contributed by atoms with E-state index >= 15 is 0 Å². The van der Waals surface area contributed by atoms with E-state index in [0.29, 0.717) is 16.3 Å². The van der Waals surface area contributed by atoms with E-state index in [2.05, 4.69) is 4.40 Å². The fourth-order valence-electron chi connectivity index (χ4n) is 2.00. The number of halogens is 1. The van der Waals surface area contributed by atoms with E-state index in [1.807, 2.05) is 6.07 Å². The number of amidine groups is 1. The summed E-state index contributed by atoms with van der Waals surface area (Å²) < 4.78 is 28.2. The molecule has 7 heteroatoms. The molecule has 0 fully saturated rings. The van der Waals surface area contributed by atoms with Gasteiger partial charge in [0.2, 0.25) is 0 Å². The number of hydrogen-bond acceptors (Lipinski definition) is 4. The SMILES string of the molecule is NN1C(c2ccccc2)=NS(=O)(=O)c2ccc(Cl)cc21. The first-order valence-electron chi connectivity index (χ1n) is 5.74. The third kappa shape index (κ3) is 2.07. The number of hydrazine groups is 1. The highest BCUT2D eigenvalue weighted by Crippen LogP contribution is 2.33. The van der Waals surface area contributed by atoms with Gasteiger partial charge in [0.1, 0.15) is 4.90 Å². The quantitative estimate of drug-likeness (QED) is 0.819. The highest BCUT2D eigenvalue weighted by atomic mass is 35.5. The number of sulfonamides is 1. The van der Waals surface area contributed by atoms with Gasteiger partial charge in [-0.25, -0.2) is 5.84 Å². The van der Waals surface area contributed by atoms with Gasteiger partial charge in [0, 0.05) is 10.6 Å². The Labute approximate surface area is 121 Å². The summed E-state index contributed by atoms with van der Waals surface area (Å²) >= 11 is 5.91. The van der Waals surface area contributed by atoms with Gasteiger partial charge in [-0.1, -0.05) is 41.9 Å². The number of hydrogen-bond donors (Lipinski definition) is 1. The van der Waals surface area contributed by atoms with Crippen LogP contribution in [0.5, 0.6) is 0 Å². The molecular formula is C13H10ClN3O2S. The lowest BCUT2D eigenvalue weighted by Gasteiger charge is -2.26. The lowest BCUT2D eigenvalue weighted by atomic mass is 10.2. The summed E-state index contributed by atoms with van der Waals surface area (Å²) in [7, 11) is -3.78. The Kier molecular flexibility index (Phi) is 3.01. The van der Waals surface area contributed by atoms with Crippen molar-refractivity contribution in [1.29, 1.82) is 0 Å². The molecule has 0 atom stereocenters. The minimum absolute atomic E-state index is 0.0454. The van der Waals surface area contributed by atoms with Crippen LogP contribution in [0.1, 0.15) is 5.56 Å². The van der Waals surface area contributed by atoms with Gasteiger partial charge in [0.05, 0.1) is 5.69 Å². The Morgan fingerprint density at radius 2 is 1.80 bits per heavy atom. The van der Waals surface area contributed by atoms with Crippen LogP contribution in [0.3, 0.4) is 0 Å². The molecule has 20 heavy (non-hydrogen) atoms. The summed E-state index contributed by atoms with van der Waals surface area (Å²) in [5, 5.41) is 1.64. The number of rotatable bonds is 1. The zero-order valence-corrected chi connectivity index (χ0v) is 11.8. The topological polar surface area (TPSA) is 75.8 Å². The van der Waals surface area contributed by atoms with Crippen molar-refractivity contribution in [3.63, 3.8) is 0 Å². The van der Waals surface area contributed by atoms with Gasteiger partial charge in [-0.15, -0.1) is 4.40 Å². The van der Waals surface area contributed by atoms with Crippen LogP contribution in [0.15, 0.2) is 57.8 Å². The number of benzene rings is 2. The lowest BCUT2D eigenvalue weighted by Crippen LogP contribution is -2.41. The van der Waals surface area contributed by atoms with Crippen LogP contribution in [-0.4, -0.2) is 14.3 Å². The summed E-state index contributed by atoms with van der Waals surface area (Å²) in [5.41, 5.74) is 0.926. The maximum Gasteiger partial charge on any atom is 0.286 e. The van der Waals surface area contributed by atoms with Crippen molar-refractivity contribution >= 4 is 33.1 Å². The van der Waals surface area contributed by atoms with Crippen LogP contribution in [0.25, 0.3) is 0 Å². The Morgan fingerprint density at radius 3 is 2.50 bits per heavy atom. The molecule has 2 aromatic rings. The predicted octanol–water partition coefficient (Wildman–Crippen LogP) is 2.17. The van der Waals surface area contributed by atoms with Crippen molar-refractivity contribution < 1.29 is 8.42 Å². The van der Waals surface area contributed by atoms with E-state index in [1.165, 1.54) is 23.2 Å². The molecule has 0 saturated heterocycles. The molecule has 2 N–H and O–H groups in total. The standard InChI is InChI=1S/C13H10ClN3O2S/c14-10-6-7-12-11(8-10)17(15)13(16-20(12,18)19)9-4-2-1-3-5-9/h1-8H,15H2. The average Bonchev–Trinajstić information content (AvgIpc) is 2.43. The van der Waals surface area contributed by atoms with Gasteiger partial charge in [-0.05, 0) is 18.2 Å². The molecule has 0 bridgehead atoms. The smallest absolute Gasteiger partial charge is 0.260 e. The molecule has 2 aromatic carbocycles. The largest absolute Gasteiger partial charge is 0.286 e. The van der Waals surface area contributed by atoms with E-state index in [4.69, 9.17) is 17.4 Å². The molecule has 0 unspecified atom stereocenters. The Morgan fingerprint density at radius 1 is 1.10 bits per heavy atom. The van der Waals surface area contributed by atoms with Crippen LogP contribution >= 0.6 is 11.6 Å². The van der Waals surface area contributed by atoms with E-state index in [-0.39, 0.29) is 10.7 Å². The summed E-state index contributed by atoms with van der Waals surface area (Å²) in [6.07, 6.45) is 0. The number of nitrogens with two attached hydrogens (primary N) is 1. The van der Waals surface area contributed by atoms with Gasteiger partial charge in [0.25, 0.3) is 10.0 Å². The molecule has 0 spiro atoms. The van der Waals surface area contributed by atoms with E-state index in [0.717, 1.165) is 0 Å². The van der Waals surface area contributed by atoms with Crippen LogP contribution in [0, 0.1) is 0 Å². The second kappa shape index (κ2) is 4.59. The van der Waals surface area contributed by atoms with Crippen LogP contribution in [0.4, 0.5) is 5.69 Å². The van der Waals surface area contributed by atoms with Crippen LogP contribution in [-0.2, 0) is 10.0 Å². The molecule has 0 radical (unpaired) electrons. The Hall–Kier alpha value is -1.89. The summed E-state index contributed by atoms with van der Waals surface area (Å²) in [4.78, 5) is 0.0454. The van der Waals surface area contributed by atoms with Gasteiger partial charge >= 0.3 is 0 Å². The van der Waals surface area contributed by atoms with Gasteiger partial charge in [-0.3, -0.25) is 5.01 Å². The van der Waals surface area contributed by atoms with Crippen molar-refractivity contribution in [3.05, 3.63) is 59.1 Å². The van der Waals surface area contributed by atoms with E-state index < -0.39 is 10.0 Å². The minimum Gasteiger partial charge on any atom is -0.260 e. The minimum atomic E-state index is -3.78. The number of anilines is 1. The first-order chi connectivity index (χ1) is 9.49. The van der Waals surface area contributed by atoms with Crippen molar-refractivity contribution in [2.45, 2.75) is 4.90 Å². The molecule has 3 rings (SSSR count). The van der Waals surface area contributed by atoms with Crippen molar-refractivity contribution in [1.82, 2.24) is 0 Å². The highest BCUT2D eigenvalue weighted by molar-refractivity contribution is 7.90. The molecule has 0 saturated carbocycles. The molecule has 1 aliphatic rings. The molecule has 1 heterocycles. The number of fused-ring (bicyclic) bond motifs is 1. The summed E-state index contributed by atoms with van der Waals surface area (Å²) in [5.74, 6) is 6.16. The number of nitrogens with zero attached hydrogens (tertiary/aromatic N) is 2. The second-order valence-electron chi connectivity index (χ2n) is 4.24. The van der Waals surface area contributed by atoms with Crippen LogP contribution in [0.2, 0.25) is 5.02 Å².